The van der Waals surface area contributed by atoms with E-state index in [0.29, 0.717) is 12.8 Å². The van der Waals surface area contributed by atoms with E-state index in [9.17, 15) is 35.1 Å². The van der Waals surface area contributed by atoms with Crippen molar-refractivity contribution in [2.45, 2.75) is 307 Å². The van der Waals surface area contributed by atoms with E-state index in [2.05, 4.69) is 86.8 Å². The van der Waals surface area contributed by atoms with Crippen molar-refractivity contribution in [2.75, 3.05) is 13.2 Å². The van der Waals surface area contributed by atoms with E-state index in [1.165, 1.54) is 122 Å². The Morgan fingerprint density at radius 3 is 1.36 bits per heavy atom. The predicted octanol–water partition coefficient (Wildman–Crippen LogP) is 14.9. The van der Waals surface area contributed by atoms with E-state index < -0.39 is 67.4 Å². The van der Waals surface area contributed by atoms with Crippen LogP contribution in [0, 0.1) is 0 Å². The first-order valence-electron chi connectivity index (χ1n) is 31.4. The Hall–Kier alpha value is -3.16. The molecule has 0 bridgehead atoms. The summed E-state index contributed by atoms with van der Waals surface area (Å²) in [6.45, 7) is 5.70. The lowest BCUT2D eigenvalue weighted by Gasteiger charge is -2.41. The Bertz CT molecular complexity index is 1570. The Balaban J connectivity index is 2.73. The van der Waals surface area contributed by atoms with Gasteiger partial charge in [0.25, 0.3) is 0 Å². The van der Waals surface area contributed by atoms with Crippen LogP contribution in [0.1, 0.15) is 258 Å². The SMILES string of the molecule is CCCCC/C=C\C/C=C\C/C=C\C/C=C\CCC(O)C(=O)NC(COC1OC(CO)C(O)C(O)C1OC(=O)CCCCCCCCCCC/C=C\C/C=C\CCCCC)C(O)/C=C/CCCCCCCCCCCCC. The summed E-state index contributed by atoms with van der Waals surface area (Å²) in [5.74, 6) is -1.26. The van der Waals surface area contributed by atoms with Gasteiger partial charge in [-0.2, -0.15) is 0 Å². The summed E-state index contributed by atoms with van der Waals surface area (Å²) >= 11 is 0. The largest absolute Gasteiger partial charge is 0.454 e. The normalized spacial score (nSPS) is 19.6. The van der Waals surface area contributed by atoms with Crippen molar-refractivity contribution in [3.05, 3.63) is 85.1 Å². The van der Waals surface area contributed by atoms with Crippen LogP contribution in [0.3, 0.4) is 0 Å². The molecule has 0 aromatic rings. The van der Waals surface area contributed by atoms with Gasteiger partial charge in [0, 0.05) is 6.42 Å². The third kappa shape index (κ3) is 41.5. The average molecular weight is 1080 g/mol. The number of hydrogen-bond acceptors (Lipinski definition) is 10. The fourth-order valence-corrected chi connectivity index (χ4v) is 9.26. The van der Waals surface area contributed by atoms with Gasteiger partial charge in [-0.05, 0) is 96.3 Å². The maximum atomic E-state index is 13.4. The Kier molecular flexibility index (Phi) is 49.9. The molecule has 0 radical (unpaired) electrons. The molecule has 0 aromatic carbocycles. The van der Waals surface area contributed by atoms with Crippen molar-refractivity contribution < 1.29 is 49.3 Å². The highest BCUT2D eigenvalue weighted by Gasteiger charge is 2.47. The van der Waals surface area contributed by atoms with Crippen molar-refractivity contribution in [3.8, 4) is 0 Å². The van der Waals surface area contributed by atoms with E-state index >= 15 is 0 Å². The number of allylic oxidation sites excluding steroid dienone is 13. The fraction of sp³-hybridized carbons (Fsp3) is 0.758. The van der Waals surface area contributed by atoms with Crippen LogP contribution in [0.5, 0.6) is 0 Å². The van der Waals surface area contributed by atoms with Gasteiger partial charge < -0.3 is 45.1 Å². The number of amides is 1. The molecule has 6 N–H and O–H groups in total. The van der Waals surface area contributed by atoms with Crippen molar-refractivity contribution in [1.82, 2.24) is 5.32 Å². The van der Waals surface area contributed by atoms with E-state index in [1.54, 1.807) is 6.08 Å². The highest BCUT2D eigenvalue weighted by Crippen LogP contribution is 2.26. The fourth-order valence-electron chi connectivity index (χ4n) is 9.26. The third-order valence-electron chi connectivity index (χ3n) is 14.3. The molecule has 1 amide bonds. The summed E-state index contributed by atoms with van der Waals surface area (Å²) in [5.41, 5.74) is 0. The molecular formula is C66H115NO10. The van der Waals surface area contributed by atoms with Crippen LogP contribution in [0.25, 0.3) is 0 Å². The van der Waals surface area contributed by atoms with E-state index in [4.69, 9.17) is 14.2 Å². The van der Waals surface area contributed by atoms with Gasteiger partial charge in [0.2, 0.25) is 5.91 Å². The van der Waals surface area contributed by atoms with Crippen LogP contribution in [0.2, 0.25) is 0 Å². The Morgan fingerprint density at radius 1 is 0.506 bits per heavy atom. The summed E-state index contributed by atoms with van der Waals surface area (Å²) < 4.78 is 17.6. The zero-order chi connectivity index (χ0) is 56.1. The molecule has 0 saturated carbocycles. The second-order valence-electron chi connectivity index (χ2n) is 21.4. The number of carbonyl (C=O) groups excluding carboxylic acids is 2. The van der Waals surface area contributed by atoms with E-state index in [1.807, 2.05) is 18.2 Å². The lowest BCUT2D eigenvalue weighted by Crippen LogP contribution is -2.61. The quantitative estimate of drug-likeness (QED) is 0.0195. The number of aliphatic hydroxyl groups is 5. The number of carbonyl (C=O) groups is 2. The Labute approximate surface area is 470 Å². The van der Waals surface area contributed by atoms with Gasteiger partial charge in [-0.15, -0.1) is 0 Å². The predicted molar refractivity (Wildman–Crippen MR) is 319 cm³/mol. The number of esters is 1. The van der Waals surface area contributed by atoms with Gasteiger partial charge in [0.15, 0.2) is 12.4 Å². The summed E-state index contributed by atoms with van der Waals surface area (Å²) in [7, 11) is 0. The molecule has 1 heterocycles. The standard InChI is InChI=1S/C66H115NO10/c1-4-7-10-13-16-19-22-25-27-29-30-31-33-36-39-42-45-48-51-54-61(71)77-64-63(73)62(72)60(55-68)76-66(64)75-56-57(58(69)52-49-46-43-40-37-34-24-21-18-15-12-9-6-3)67-65(74)59(70)53-50-47-44-41-38-35-32-28-26-23-20-17-14-11-8-5-2/h16-17,19-20,25-28,35,38,44,47,49,52,57-60,62-64,66,68-70,72-73H,4-15,18,21-24,29-34,36-37,39-43,45-46,48,50-51,53-56H2,1-3H3,(H,67,74)/b19-16-,20-17-,27-25-,28-26-,38-35-,47-44-,52-49+. The minimum Gasteiger partial charge on any atom is -0.454 e. The highest BCUT2D eigenvalue weighted by molar-refractivity contribution is 5.80. The van der Waals surface area contributed by atoms with Crippen LogP contribution in [0.4, 0.5) is 0 Å². The van der Waals surface area contributed by atoms with Crippen LogP contribution in [0.15, 0.2) is 85.1 Å². The first-order chi connectivity index (χ1) is 37.7. The second-order valence-corrected chi connectivity index (χ2v) is 21.4. The lowest BCUT2D eigenvalue weighted by molar-refractivity contribution is -0.305. The first kappa shape index (κ1) is 71.9. The van der Waals surface area contributed by atoms with Crippen molar-refractivity contribution in [3.63, 3.8) is 0 Å². The van der Waals surface area contributed by atoms with Crippen molar-refractivity contribution in [1.29, 1.82) is 0 Å². The monoisotopic (exact) mass is 1080 g/mol. The number of rotatable bonds is 52. The molecule has 444 valence electrons. The summed E-state index contributed by atoms with van der Waals surface area (Å²) in [5, 5.41) is 56.9. The molecule has 11 heteroatoms. The molecule has 1 saturated heterocycles. The molecule has 0 aromatic heterocycles. The van der Waals surface area contributed by atoms with Crippen molar-refractivity contribution >= 4 is 11.9 Å². The topological polar surface area (TPSA) is 175 Å². The highest BCUT2D eigenvalue weighted by atomic mass is 16.7. The van der Waals surface area contributed by atoms with Crippen LogP contribution in [-0.2, 0) is 23.8 Å². The molecule has 8 unspecified atom stereocenters. The molecule has 1 fully saturated rings. The molecule has 0 spiro atoms. The lowest BCUT2D eigenvalue weighted by atomic mass is 9.99. The molecule has 1 aliphatic rings. The van der Waals surface area contributed by atoms with Crippen LogP contribution < -0.4 is 5.32 Å². The average Bonchev–Trinajstić information content (AvgIpc) is 3.43. The maximum Gasteiger partial charge on any atom is 0.306 e. The molecule has 1 rings (SSSR count). The second kappa shape index (κ2) is 53.5. The third-order valence-corrected chi connectivity index (χ3v) is 14.3. The summed E-state index contributed by atoms with van der Waals surface area (Å²) in [6.07, 6.45) is 59.1. The smallest absolute Gasteiger partial charge is 0.306 e. The molecular weight excluding hydrogens is 967 g/mol. The van der Waals surface area contributed by atoms with Gasteiger partial charge in [-0.1, -0.05) is 241 Å². The molecule has 11 nitrogen and oxygen atoms in total. The molecule has 8 atom stereocenters. The number of aliphatic hydroxyl groups excluding tert-OH is 5. The molecule has 1 aliphatic heterocycles. The summed E-state index contributed by atoms with van der Waals surface area (Å²) in [4.78, 5) is 26.5. The number of ether oxygens (including phenoxy) is 3. The van der Waals surface area contributed by atoms with Gasteiger partial charge in [-0.3, -0.25) is 9.59 Å². The maximum absolute atomic E-state index is 13.4. The molecule has 0 aliphatic carbocycles. The van der Waals surface area contributed by atoms with Crippen molar-refractivity contribution in [2.24, 2.45) is 0 Å². The van der Waals surface area contributed by atoms with Gasteiger partial charge in [-0.25, -0.2) is 0 Å². The zero-order valence-corrected chi connectivity index (χ0v) is 49.1. The summed E-state index contributed by atoms with van der Waals surface area (Å²) in [6, 6.07) is -1.06. The number of unbranched alkanes of at least 4 members (excludes halogenated alkanes) is 26. The van der Waals surface area contributed by atoms with Gasteiger partial charge in [0.1, 0.15) is 24.4 Å². The Morgan fingerprint density at radius 2 is 0.896 bits per heavy atom. The van der Waals surface area contributed by atoms with E-state index in [-0.39, 0.29) is 19.4 Å². The van der Waals surface area contributed by atoms with Crippen LogP contribution >= 0.6 is 0 Å². The molecule has 77 heavy (non-hydrogen) atoms. The zero-order valence-electron chi connectivity index (χ0n) is 49.1. The number of hydrogen-bond donors (Lipinski definition) is 6. The van der Waals surface area contributed by atoms with Gasteiger partial charge >= 0.3 is 5.97 Å². The minimum atomic E-state index is -1.63. The van der Waals surface area contributed by atoms with Gasteiger partial charge in [0.05, 0.1) is 25.4 Å². The number of nitrogens with one attached hydrogen (secondary N) is 1. The minimum absolute atomic E-state index is 0.109. The van der Waals surface area contributed by atoms with Crippen LogP contribution in [-0.4, -0.2) is 99.6 Å². The first-order valence-corrected chi connectivity index (χ1v) is 31.4. The van der Waals surface area contributed by atoms with E-state index in [0.717, 1.165) is 89.9 Å².